The summed E-state index contributed by atoms with van der Waals surface area (Å²) >= 11 is 0. The van der Waals surface area contributed by atoms with E-state index in [0.29, 0.717) is 23.8 Å². The monoisotopic (exact) mass is 354 g/mol. The zero-order chi connectivity index (χ0) is 18.5. The number of unbranched alkanes of at least 4 members (excludes halogenated alkanes) is 1. The summed E-state index contributed by atoms with van der Waals surface area (Å²) in [6.45, 7) is 6.89. The maximum absolute atomic E-state index is 13.6. The van der Waals surface area contributed by atoms with Crippen LogP contribution in [0.15, 0.2) is 52.8 Å². The zero-order valence-corrected chi connectivity index (χ0v) is 15.3. The van der Waals surface area contributed by atoms with Gasteiger partial charge in [0, 0.05) is 6.20 Å². The number of hydrogen-bond donors (Lipinski definition) is 0. The van der Waals surface area contributed by atoms with Crippen molar-refractivity contribution in [2.75, 3.05) is 6.61 Å². The number of ether oxygens (including phenoxy) is 1. The first-order valence-electron chi connectivity index (χ1n) is 8.90. The molecule has 0 aliphatic carbocycles. The van der Waals surface area contributed by atoms with E-state index in [-0.39, 0.29) is 11.7 Å². The van der Waals surface area contributed by atoms with Gasteiger partial charge in [-0.1, -0.05) is 27.2 Å². The molecule has 0 spiro atoms. The van der Waals surface area contributed by atoms with E-state index in [1.54, 1.807) is 10.5 Å². The summed E-state index contributed by atoms with van der Waals surface area (Å²) in [5, 5.41) is 8.65. The largest absolute Gasteiger partial charge is 0.494 e. The Labute approximate surface area is 152 Å². The summed E-state index contributed by atoms with van der Waals surface area (Å²) in [7, 11) is 0. The zero-order valence-electron chi connectivity index (χ0n) is 15.3. The van der Waals surface area contributed by atoms with Crippen molar-refractivity contribution in [3.63, 3.8) is 0 Å². The highest BCUT2D eigenvalue weighted by Crippen LogP contribution is 2.30. The number of halogens is 1. The van der Waals surface area contributed by atoms with Gasteiger partial charge in [0.1, 0.15) is 17.2 Å². The molecule has 0 fully saturated rings. The van der Waals surface area contributed by atoms with Crippen molar-refractivity contribution in [3.05, 3.63) is 54.1 Å². The van der Waals surface area contributed by atoms with E-state index >= 15 is 0 Å². The molecule has 3 aromatic rings. The number of imidazole rings is 1. The van der Waals surface area contributed by atoms with Crippen LogP contribution in [0.5, 0.6) is 5.75 Å². The molecule has 0 aliphatic heterocycles. The van der Waals surface area contributed by atoms with Crippen LogP contribution in [-0.2, 0) is 0 Å². The molecule has 0 saturated carbocycles. The van der Waals surface area contributed by atoms with Crippen LogP contribution < -0.4 is 4.74 Å². The summed E-state index contributed by atoms with van der Waals surface area (Å²) in [5.74, 6) is 1.19. The van der Waals surface area contributed by atoms with Crippen LogP contribution in [0.2, 0.25) is 0 Å². The molecule has 0 bridgehead atoms. The van der Waals surface area contributed by atoms with Gasteiger partial charge in [-0.15, -0.1) is 10.2 Å². The van der Waals surface area contributed by atoms with Gasteiger partial charge in [-0.25, -0.2) is 9.37 Å². The van der Waals surface area contributed by atoms with Crippen molar-refractivity contribution in [2.24, 2.45) is 10.2 Å². The quantitative estimate of drug-likeness (QED) is 0.375. The average molecular weight is 354 g/mol. The summed E-state index contributed by atoms with van der Waals surface area (Å²) in [6.07, 6.45) is 3.52. The second kappa shape index (κ2) is 8.08. The van der Waals surface area contributed by atoms with Crippen molar-refractivity contribution in [2.45, 2.75) is 39.5 Å². The number of aromatic nitrogens is 2. The van der Waals surface area contributed by atoms with Gasteiger partial charge in [0.25, 0.3) is 0 Å². The maximum atomic E-state index is 13.6. The summed E-state index contributed by atoms with van der Waals surface area (Å²) in [6, 6.07) is 10.5. The van der Waals surface area contributed by atoms with Crippen LogP contribution in [0.25, 0.3) is 5.65 Å². The Kier molecular flexibility index (Phi) is 5.61. The molecule has 0 unspecified atom stereocenters. The van der Waals surface area contributed by atoms with Gasteiger partial charge in [-0.2, -0.15) is 0 Å². The molecule has 0 radical (unpaired) electrons. The SMILES string of the molecule is CCCCOc1ccc(N=Nc2c(C(C)C)nc3ccc(F)cn23)cc1. The van der Waals surface area contributed by atoms with Crippen molar-refractivity contribution < 1.29 is 9.13 Å². The fourth-order valence-electron chi connectivity index (χ4n) is 2.56. The first-order chi connectivity index (χ1) is 12.6. The summed E-state index contributed by atoms with van der Waals surface area (Å²) in [4.78, 5) is 4.54. The molecule has 1 aromatic carbocycles. The minimum absolute atomic E-state index is 0.154. The van der Waals surface area contributed by atoms with Crippen molar-refractivity contribution >= 4 is 17.2 Å². The minimum Gasteiger partial charge on any atom is -0.494 e. The van der Waals surface area contributed by atoms with Crippen LogP contribution in [0.3, 0.4) is 0 Å². The molecule has 0 aliphatic rings. The van der Waals surface area contributed by atoms with Crippen molar-refractivity contribution in [1.29, 1.82) is 0 Å². The fraction of sp³-hybridized carbons (Fsp3) is 0.350. The van der Waals surface area contributed by atoms with Crippen molar-refractivity contribution in [3.8, 4) is 5.75 Å². The van der Waals surface area contributed by atoms with E-state index in [4.69, 9.17) is 4.74 Å². The van der Waals surface area contributed by atoms with Crippen LogP contribution in [0, 0.1) is 5.82 Å². The first kappa shape index (κ1) is 18.0. The second-order valence-electron chi connectivity index (χ2n) is 6.45. The Morgan fingerprint density at radius 2 is 1.88 bits per heavy atom. The van der Waals surface area contributed by atoms with E-state index in [1.165, 1.54) is 12.3 Å². The summed E-state index contributed by atoms with van der Waals surface area (Å²) in [5.41, 5.74) is 2.15. The lowest BCUT2D eigenvalue weighted by Crippen LogP contribution is -1.95. The predicted molar refractivity (Wildman–Crippen MR) is 100 cm³/mol. The van der Waals surface area contributed by atoms with Gasteiger partial charge < -0.3 is 4.74 Å². The highest BCUT2D eigenvalue weighted by molar-refractivity contribution is 5.53. The van der Waals surface area contributed by atoms with E-state index in [0.717, 1.165) is 24.3 Å². The van der Waals surface area contributed by atoms with E-state index in [1.807, 2.05) is 38.1 Å². The van der Waals surface area contributed by atoms with Crippen molar-refractivity contribution in [1.82, 2.24) is 9.38 Å². The standard InChI is InChI=1S/C20H23FN4O/c1-4-5-12-26-17-9-7-16(8-10-17)23-24-20-19(14(2)3)22-18-11-6-15(21)13-25(18)20/h6-11,13-14H,4-5,12H2,1-3H3. The number of hydrogen-bond acceptors (Lipinski definition) is 4. The second-order valence-corrected chi connectivity index (χ2v) is 6.45. The third-order valence-electron chi connectivity index (χ3n) is 3.99. The van der Waals surface area contributed by atoms with Gasteiger partial charge in [0.15, 0.2) is 5.82 Å². The number of azo groups is 1. The highest BCUT2D eigenvalue weighted by Gasteiger charge is 2.15. The minimum atomic E-state index is -0.338. The fourth-order valence-corrected chi connectivity index (χ4v) is 2.56. The number of fused-ring (bicyclic) bond motifs is 1. The Morgan fingerprint density at radius 1 is 1.12 bits per heavy atom. The number of pyridine rings is 1. The molecular weight excluding hydrogens is 331 g/mol. The molecule has 5 nitrogen and oxygen atoms in total. The first-order valence-corrected chi connectivity index (χ1v) is 8.90. The van der Waals surface area contributed by atoms with Gasteiger partial charge >= 0.3 is 0 Å². The summed E-state index contributed by atoms with van der Waals surface area (Å²) < 4.78 is 20.9. The lowest BCUT2D eigenvalue weighted by Gasteiger charge is -2.05. The molecule has 6 heteroatoms. The van der Waals surface area contributed by atoms with Crippen LogP contribution in [0.1, 0.15) is 45.2 Å². The van der Waals surface area contributed by atoms with Gasteiger partial charge in [0.2, 0.25) is 0 Å². The maximum Gasteiger partial charge on any atom is 0.183 e. The van der Waals surface area contributed by atoms with E-state index < -0.39 is 0 Å². The van der Waals surface area contributed by atoms with Gasteiger partial charge in [-0.3, -0.25) is 4.40 Å². The molecule has 2 heterocycles. The Balaban J connectivity index is 1.85. The predicted octanol–water partition coefficient (Wildman–Crippen LogP) is 6.19. The molecule has 3 rings (SSSR count). The van der Waals surface area contributed by atoms with E-state index in [2.05, 4.69) is 22.1 Å². The van der Waals surface area contributed by atoms with Crippen LogP contribution in [-0.4, -0.2) is 16.0 Å². The normalized spacial score (nSPS) is 11.7. The topological polar surface area (TPSA) is 51.2 Å². The molecule has 2 aromatic heterocycles. The van der Waals surface area contributed by atoms with E-state index in [9.17, 15) is 4.39 Å². The molecule has 0 N–H and O–H groups in total. The van der Waals surface area contributed by atoms with Gasteiger partial charge in [0.05, 0.1) is 18.0 Å². The van der Waals surface area contributed by atoms with Crippen LogP contribution in [0.4, 0.5) is 15.9 Å². The molecule has 26 heavy (non-hydrogen) atoms. The third kappa shape index (κ3) is 4.07. The molecule has 0 amide bonds. The smallest absolute Gasteiger partial charge is 0.183 e. The third-order valence-corrected chi connectivity index (χ3v) is 3.99. The Bertz CT molecular complexity index is 900. The number of nitrogens with zero attached hydrogens (tertiary/aromatic N) is 4. The Morgan fingerprint density at radius 3 is 2.58 bits per heavy atom. The van der Waals surface area contributed by atoms with Crippen LogP contribution >= 0.6 is 0 Å². The average Bonchev–Trinajstić information content (AvgIpc) is 2.99. The Hall–Kier alpha value is -2.76. The lowest BCUT2D eigenvalue weighted by atomic mass is 10.1. The molecule has 136 valence electrons. The lowest BCUT2D eigenvalue weighted by molar-refractivity contribution is 0.309. The number of benzene rings is 1. The van der Waals surface area contributed by atoms with Gasteiger partial charge in [-0.05, 0) is 48.7 Å². The molecule has 0 saturated heterocycles. The highest BCUT2D eigenvalue weighted by atomic mass is 19.1. The number of rotatable bonds is 7. The molecular formula is C20H23FN4O. The molecule has 0 atom stereocenters.